The van der Waals surface area contributed by atoms with Crippen LogP contribution in [-0.2, 0) is 0 Å². The van der Waals surface area contributed by atoms with Crippen molar-refractivity contribution in [3.05, 3.63) is 66.2 Å². The SMILES string of the molecule is C=C(c1ccccc1)c1ccc2c(c1)OCCO2. The maximum atomic E-state index is 5.58. The van der Waals surface area contributed by atoms with E-state index in [0.717, 1.165) is 28.2 Å². The Morgan fingerprint density at radius 2 is 1.56 bits per heavy atom. The minimum Gasteiger partial charge on any atom is -0.486 e. The first kappa shape index (κ1) is 10.9. The molecule has 0 aliphatic carbocycles. The number of ether oxygens (including phenoxy) is 2. The third-order valence-electron chi connectivity index (χ3n) is 3.01. The van der Waals surface area contributed by atoms with E-state index < -0.39 is 0 Å². The highest BCUT2D eigenvalue weighted by Crippen LogP contribution is 2.34. The van der Waals surface area contributed by atoms with Crippen LogP contribution in [0.1, 0.15) is 11.1 Å². The van der Waals surface area contributed by atoms with Crippen molar-refractivity contribution in [2.75, 3.05) is 13.2 Å². The molecule has 2 nitrogen and oxygen atoms in total. The van der Waals surface area contributed by atoms with Gasteiger partial charge in [0.15, 0.2) is 11.5 Å². The predicted molar refractivity (Wildman–Crippen MR) is 72.0 cm³/mol. The van der Waals surface area contributed by atoms with E-state index >= 15 is 0 Å². The van der Waals surface area contributed by atoms with Crippen LogP contribution < -0.4 is 9.47 Å². The minimum atomic E-state index is 0.605. The van der Waals surface area contributed by atoms with Gasteiger partial charge < -0.3 is 9.47 Å². The van der Waals surface area contributed by atoms with Crippen molar-refractivity contribution >= 4 is 5.57 Å². The first-order valence-electron chi connectivity index (χ1n) is 5.99. The summed E-state index contributed by atoms with van der Waals surface area (Å²) in [6.07, 6.45) is 0. The summed E-state index contributed by atoms with van der Waals surface area (Å²) < 4.78 is 11.1. The first-order chi connectivity index (χ1) is 8.84. The lowest BCUT2D eigenvalue weighted by Gasteiger charge is -2.19. The molecule has 0 atom stereocenters. The fourth-order valence-corrected chi connectivity index (χ4v) is 2.04. The largest absolute Gasteiger partial charge is 0.486 e. The Morgan fingerprint density at radius 3 is 2.33 bits per heavy atom. The number of benzene rings is 2. The molecule has 0 saturated carbocycles. The van der Waals surface area contributed by atoms with Crippen LogP contribution in [0.4, 0.5) is 0 Å². The van der Waals surface area contributed by atoms with Gasteiger partial charge in [0.05, 0.1) is 0 Å². The van der Waals surface area contributed by atoms with Crippen LogP contribution in [0.25, 0.3) is 5.57 Å². The fraction of sp³-hybridized carbons (Fsp3) is 0.125. The highest BCUT2D eigenvalue weighted by molar-refractivity contribution is 5.79. The summed E-state index contributed by atoms with van der Waals surface area (Å²) in [7, 11) is 0. The van der Waals surface area contributed by atoms with Gasteiger partial charge in [-0.25, -0.2) is 0 Å². The molecule has 0 fully saturated rings. The van der Waals surface area contributed by atoms with Crippen LogP contribution in [-0.4, -0.2) is 13.2 Å². The van der Waals surface area contributed by atoms with E-state index in [4.69, 9.17) is 9.47 Å². The van der Waals surface area contributed by atoms with Crippen molar-refractivity contribution < 1.29 is 9.47 Å². The van der Waals surface area contributed by atoms with E-state index in [9.17, 15) is 0 Å². The molecule has 0 radical (unpaired) electrons. The van der Waals surface area contributed by atoms with Crippen molar-refractivity contribution in [3.8, 4) is 11.5 Å². The minimum absolute atomic E-state index is 0.605. The monoisotopic (exact) mass is 238 g/mol. The summed E-state index contributed by atoms with van der Waals surface area (Å²) in [6.45, 7) is 5.37. The zero-order chi connectivity index (χ0) is 12.4. The van der Waals surface area contributed by atoms with E-state index in [-0.39, 0.29) is 0 Å². The maximum Gasteiger partial charge on any atom is 0.161 e. The molecular formula is C16H14O2. The Bertz CT molecular complexity index is 573. The van der Waals surface area contributed by atoms with Gasteiger partial charge in [0.25, 0.3) is 0 Å². The molecule has 0 saturated heterocycles. The van der Waals surface area contributed by atoms with E-state index in [0.29, 0.717) is 13.2 Å². The Hall–Kier alpha value is -2.22. The maximum absolute atomic E-state index is 5.58. The van der Waals surface area contributed by atoms with Gasteiger partial charge in [-0.15, -0.1) is 0 Å². The summed E-state index contributed by atoms with van der Waals surface area (Å²) in [5.74, 6) is 1.61. The second-order valence-corrected chi connectivity index (χ2v) is 4.20. The summed E-state index contributed by atoms with van der Waals surface area (Å²) in [4.78, 5) is 0. The molecule has 1 heterocycles. The summed E-state index contributed by atoms with van der Waals surface area (Å²) in [6, 6.07) is 16.1. The quantitative estimate of drug-likeness (QED) is 0.797. The van der Waals surface area contributed by atoms with E-state index in [1.54, 1.807) is 0 Å². The molecule has 2 aromatic carbocycles. The van der Waals surface area contributed by atoms with Crippen molar-refractivity contribution in [2.24, 2.45) is 0 Å². The zero-order valence-electron chi connectivity index (χ0n) is 10.1. The van der Waals surface area contributed by atoms with Crippen LogP contribution in [0.3, 0.4) is 0 Å². The molecule has 0 bridgehead atoms. The van der Waals surface area contributed by atoms with Gasteiger partial charge in [-0.3, -0.25) is 0 Å². The van der Waals surface area contributed by atoms with Crippen LogP contribution >= 0.6 is 0 Å². The Labute approximate surface area is 106 Å². The Kier molecular flexibility index (Phi) is 2.77. The fourth-order valence-electron chi connectivity index (χ4n) is 2.04. The highest BCUT2D eigenvalue weighted by Gasteiger charge is 2.13. The molecule has 90 valence electrons. The molecule has 0 unspecified atom stereocenters. The molecule has 0 amide bonds. The Morgan fingerprint density at radius 1 is 0.833 bits per heavy atom. The van der Waals surface area contributed by atoms with Gasteiger partial charge in [0.1, 0.15) is 13.2 Å². The van der Waals surface area contributed by atoms with Gasteiger partial charge in [-0.05, 0) is 28.8 Å². The molecule has 0 N–H and O–H groups in total. The third-order valence-corrected chi connectivity index (χ3v) is 3.01. The molecule has 2 heteroatoms. The van der Waals surface area contributed by atoms with Gasteiger partial charge in [-0.1, -0.05) is 43.0 Å². The molecule has 0 spiro atoms. The summed E-state index contributed by atoms with van der Waals surface area (Å²) in [5, 5.41) is 0. The van der Waals surface area contributed by atoms with Crippen molar-refractivity contribution in [1.82, 2.24) is 0 Å². The second-order valence-electron chi connectivity index (χ2n) is 4.20. The smallest absolute Gasteiger partial charge is 0.161 e. The lowest BCUT2D eigenvalue weighted by molar-refractivity contribution is 0.171. The lowest BCUT2D eigenvalue weighted by Crippen LogP contribution is -2.15. The van der Waals surface area contributed by atoms with Crippen molar-refractivity contribution in [2.45, 2.75) is 0 Å². The van der Waals surface area contributed by atoms with E-state index in [2.05, 4.69) is 18.7 Å². The number of hydrogen-bond donors (Lipinski definition) is 0. The molecule has 0 aromatic heterocycles. The van der Waals surface area contributed by atoms with Crippen molar-refractivity contribution in [3.63, 3.8) is 0 Å². The average Bonchev–Trinajstić information content (AvgIpc) is 2.47. The van der Waals surface area contributed by atoms with Gasteiger partial charge in [0.2, 0.25) is 0 Å². The zero-order valence-corrected chi connectivity index (χ0v) is 10.1. The molecule has 18 heavy (non-hydrogen) atoms. The second kappa shape index (κ2) is 4.57. The molecular weight excluding hydrogens is 224 g/mol. The van der Waals surface area contributed by atoms with Gasteiger partial charge >= 0.3 is 0 Å². The van der Waals surface area contributed by atoms with Gasteiger partial charge in [-0.2, -0.15) is 0 Å². The normalized spacial score (nSPS) is 13.1. The number of hydrogen-bond acceptors (Lipinski definition) is 2. The molecule has 1 aliphatic rings. The molecule has 2 aromatic rings. The average molecular weight is 238 g/mol. The topological polar surface area (TPSA) is 18.5 Å². The number of fused-ring (bicyclic) bond motifs is 1. The first-order valence-corrected chi connectivity index (χ1v) is 5.99. The Balaban J connectivity index is 1.95. The number of rotatable bonds is 2. The van der Waals surface area contributed by atoms with Crippen LogP contribution in [0.15, 0.2) is 55.1 Å². The van der Waals surface area contributed by atoms with Gasteiger partial charge in [0, 0.05) is 0 Å². The van der Waals surface area contributed by atoms with Crippen LogP contribution in [0.2, 0.25) is 0 Å². The van der Waals surface area contributed by atoms with E-state index in [1.165, 1.54) is 0 Å². The highest BCUT2D eigenvalue weighted by atomic mass is 16.6. The molecule has 1 aliphatic heterocycles. The standard InChI is InChI=1S/C16H14O2/c1-12(13-5-3-2-4-6-13)14-7-8-15-16(11-14)18-10-9-17-15/h2-8,11H,1,9-10H2. The van der Waals surface area contributed by atoms with Crippen molar-refractivity contribution in [1.29, 1.82) is 0 Å². The van der Waals surface area contributed by atoms with Crippen LogP contribution in [0, 0.1) is 0 Å². The third kappa shape index (κ3) is 1.97. The summed E-state index contributed by atoms with van der Waals surface area (Å²) in [5.41, 5.74) is 3.17. The predicted octanol–water partition coefficient (Wildman–Crippen LogP) is 3.52. The lowest BCUT2D eigenvalue weighted by atomic mass is 9.99. The summed E-state index contributed by atoms with van der Waals surface area (Å²) >= 11 is 0. The molecule has 3 rings (SSSR count). The van der Waals surface area contributed by atoms with E-state index in [1.807, 2.05) is 36.4 Å². The van der Waals surface area contributed by atoms with Crippen LogP contribution in [0.5, 0.6) is 11.5 Å².